The summed E-state index contributed by atoms with van der Waals surface area (Å²) in [7, 11) is 0. The lowest BCUT2D eigenvalue weighted by Crippen LogP contribution is -1.94. The van der Waals surface area contributed by atoms with Crippen molar-refractivity contribution in [3.63, 3.8) is 0 Å². The molecule has 0 spiro atoms. The second-order valence-electron chi connectivity index (χ2n) is 2.85. The van der Waals surface area contributed by atoms with Crippen LogP contribution in [0.5, 0.6) is 0 Å². The van der Waals surface area contributed by atoms with Crippen molar-refractivity contribution in [2.45, 2.75) is 0 Å². The summed E-state index contributed by atoms with van der Waals surface area (Å²) in [6, 6.07) is 5.22. The zero-order chi connectivity index (χ0) is 9.97. The van der Waals surface area contributed by atoms with E-state index in [-0.39, 0.29) is 0 Å². The van der Waals surface area contributed by atoms with Crippen molar-refractivity contribution in [3.05, 3.63) is 30.9 Å². The Morgan fingerprint density at radius 1 is 0.857 bits per heavy atom. The largest absolute Gasteiger partial charge is 0.399 e. The number of nitrogens with two attached hydrogens (primary N) is 2. The van der Waals surface area contributed by atoms with Crippen molar-refractivity contribution < 1.29 is 0 Å². The molecular weight excluding hydrogens is 178 g/mol. The van der Waals surface area contributed by atoms with Gasteiger partial charge in [-0.25, -0.2) is 15.0 Å². The first-order valence-electron chi connectivity index (χ1n) is 4.04. The number of hydrogen-bond acceptors (Lipinski definition) is 5. The van der Waals surface area contributed by atoms with E-state index >= 15 is 0 Å². The topological polar surface area (TPSA) is 90.7 Å². The molecule has 0 amide bonds. The SMILES string of the molecule is Nc1cc(N)cc(-c2ncncn2)c1. The zero-order valence-electron chi connectivity index (χ0n) is 7.38. The number of hydrogen-bond donors (Lipinski definition) is 2. The summed E-state index contributed by atoms with van der Waals surface area (Å²) in [4.78, 5) is 11.7. The van der Waals surface area contributed by atoms with Gasteiger partial charge in [-0.1, -0.05) is 0 Å². The predicted molar refractivity (Wildman–Crippen MR) is 54.1 cm³/mol. The molecule has 5 heteroatoms. The Kier molecular flexibility index (Phi) is 1.98. The molecule has 14 heavy (non-hydrogen) atoms. The molecule has 0 unspecified atom stereocenters. The van der Waals surface area contributed by atoms with Gasteiger partial charge in [0, 0.05) is 16.9 Å². The molecule has 1 aromatic carbocycles. The number of benzene rings is 1. The summed E-state index contributed by atoms with van der Waals surface area (Å²) in [5.74, 6) is 0.569. The minimum atomic E-state index is 0.569. The van der Waals surface area contributed by atoms with Crippen LogP contribution in [0.2, 0.25) is 0 Å². The Morgan fingerprint density at radius 2 is 1.43 bits per heavy atom. The van der Waals surface area contributed by atoms with Gasteiger partial charge in [0.25, 0.3) is 0 Å². The van der Waals surface area contributed by atoms with E-state index in [0.29, 0.717) is 17.2 Å². The van der Waals surface area contributed by atoms with Gasteiger partial charge in [0.2, 0.25) is 0 Å². The predicted octanol–water partition coefficient (Wildman–Crippen LogP) is 0.703. The smallest absolute Gasteiger partial charge is 0.162 e. The number of aromatic nitrogens is 3. The standard InChI is InChI=1S/C9H9N5/c10-7-1-6(2-8(11)3-7)9-13-4-12-5-14-9/h1-5H,10-11H2. The quantitative estimate of drug-likeness (QED) is 0.641. The van der Waals surface area contributed by atoms with Crippen LogP contribution in [0, 0.1) is 0 Å². The maximum atomic E-state index is 5.65. The third-order valence-corrected chi connectivity index (χ3v) is 1.73. The molecule has 2 aromatic rings. The van der Waals surface area contributed by atoms with E-state index in [1.54, 1.807) is 18.2 Å². The molecule has 5 nitrogen and oxygen atoms in total. The summed E-state index contributed by atoms with van der Waals surface area (Å²) < 4.78 is 0. The van der Waals surface area contributed by atoms with Crippen molar-refractivity contribution in [1.82, 2.24) is 15.0 Å². The number of anilines is 2. The highest BCUT2D eigenvalue weighted by Gasteiger charge is 2.01. The van der Waals surface area contributed by atoms with Crippen molar-refractivity contribution in [3.8, 4) is 11.4 Å². The number of nitrogens with zero attached hydrogens (tertiary/aromatic N) is 3. The van der Waals surface area contributed by atoms with Crippen LogP contribution >= 0.6 is 0 Å². The highest BCUT2D eigenvalue weighted by molar-refractivity contribution is 5.67. The normalized spacial score (nSPS) is 10.0. The lowest BCUT2D eigenvalue weighted by molar-refractivity contribution is 1.06. The third-order valence-electron chi connectivity index (χ3n) is 1.73. The van der Waals surface area contributed by atoms with E-state index in [9.17, 15) is 0 Å². The average molecular weight is 187 g/mol. The highest BCUT2D eigenvalue weighted by atomic mass is 15.0. The number of rotatable bonds is 1. The maximum Gasteiger partial charge on any atom is 0.162 e. The van der Waals surface area contributed by atoms with E-state index in [4.69, 9.17) is 11.5 Å². The van der Waals surface area contributed by atoms with Crippen LogP contribution < -0.4 is 11.5 Å². The first-order chi connectivity index (χ1) is 6.75. The van der Waals surface area contributed by atoms with Gasteiger partial charge >= 0.3 is 0 Å². The van der Waals surface area contributed by atoms with E-state index < -0.39 is 0 Å². The van der Waals surface area contributed by atoms with Gasteiger partial charge in [0.1, 0.15) is 12.7 Å². The van der Waals surface area contributed by atoms with Crippen molar-refractivity contribution >= 4 is 11.4 Å². The Bertz CT molecular complexity index is 420. The van der Waals surface area contributed by atoms with Gasteiger partial charge in [-0.15, -0.1) is 0 Å². The number of nitrogen functional groups attached to an aromatic ring is 2. The van der Waals surface area contributed by atoms with Gasteiger partial charge in [0.15, 0.2) is 5.82 Å². The monoisotopic (exact) mass is 187 g/mol. The van der Waals surface area contributed by atoms with E-state index in [1.165, 1.54) is 12.7 Å². The summed E-state index contributed by atoms with van der Waals surface area (Å²) >= 11 is 0. The molecule has 1 aromatic heterocycles. The van der Waals surface area contributed by atoms with E-state index in [1.807, 2.05) is 0 Å². The first kappa shape index (κ1) is 8.43. The maximum absolute atomic E-state index is 5.65. The van der Waals surface area contributed by atoms with Crippen LogP contribution in [0.4, 0.5) is 11.4 Å². The Morgan fingerprint density at radius 3 is 2.00 bits per heavy atom. The van der Waals surface area contributed by atoms with Crippen LogP contribution in [0.25, 0.3) is 11.4 Å². The Labute approximate surface area is 80.8 Å². The van der Waals surface area contributed by atoms with Crippen LogP contribution in [0.15, 0.2) is 30.9 Å². The zero-order valence-corrected chi connectivity index (χ0v) is 7.38. The molecule has 0 radical (unpaired) electrons. The molecule has 0 saturated heterocycles. The second-order valence-corrected chi connectivity index (χ2v) is 2.85. The van der Waals surface area contributed by atoms with Crippen LogP contribution in [0.3, 0.4) is 0 Å². The minimum Gasteiger partial charge on any atom is -0.399 e. The van der Waals surface area contributed by atoms with E-state index in [0.717, 1.165) is 5.56 Å². The van der Waals surface area contributed by atoms with Crippen molar-refractivity contribution in [1.29, 1.82) is 0 Å². The van der Waals surface area contributed by atoms with Crippen LogP contribution in [-0.4, -0.2) is 15.0 Å². The van der Waals surface area contributed by atoms with Crippen LogP contribution in [-0.2, 0) is 0 Å². The molecule has 0 aliphatic heterocycles. The second kappa shape index (κ2) is 3.29. The first-order valence-corrected chi connectivity index (χ1v) is 4.04. The molecule has 0 aliphatic carbocycles. The van der Waals surface area contributed by atoms with Crippen molar-refractivity contribution in [2.75, 3.05) is 11.5 Å². The Hall–Kier alpha value is -2.17. The lowest BCUT2D eigenvalue weighted by atomic mass is 10.1. The fourth-order valence-corrected chi connectivity index (χ4v) is 1.19. The molecule has 0 bridgehead atoms. The molecule has 70 valence electrons. The van der Waals surface area contributed by atoms with Gasteiger partial charge in [-0.3, -0.25) is 0 Å². The minimum absolute atomic E-state index is 0.569. The van der Waals surface area contributed by atoms with E-state index in [2.05, 4.69) is 15.0 Å². The fraction of sp³-hybridized carbons (Fsp3) is 0. The molecule has 2 rings (SSSR count). The van der Waals surface area contributed by atoms with Gasteiger partial charge < -0.3 is 11.5 Å². The molecule has 0 saturated carbocycles. The lowest BCUT2D eigenvalue weighted by Gasteiger charge is -2.02. The molecular formula is C9H9N5. The summed E-state index contributed by atoms with van der Waals surface area (Å²) in [6.07, 6.45) is 2.86. The van der Waals surface area contributed by atoms with Crippen LogP contribution in [0.1, 0.15) is 0 Å². The Balaban J connectivity index is 2.52. The average Bonchev–Trinajstić information content (AvgIpc) is 2.18. The molecule has 1 heterocycles. The fourth-order valence-electron chi connectivity index (χ4n) is 1.19. The summed E-state index contributed by atoms with van der Waals surface area (Å²) in [5, 5.41) is 0. The molecule has 0 aliphatic rings. The van der Waals surface area contributed by atoms with Gasteiger partial charge in [0.05, 0.1) is 0 Å². The van der Waals surface area contributed by atoms with Gasteiger partial charge in [-0.05, 0) is 18.2 Å². The molecule has 4 N–H and O–H groups in total. The highest BCUT2D eigenvalue weighted by Crippen LogP contribution is 2.20. The third kappa shape index (κ3) is 1.61. The van der Waals surface area contributed by atoms with Gasteiger partial charge in [-0.2, -0.15) is 0 Å². The summed E-state index contributed by atoms with van der Waals surface area (Å²) in [6.45, 7) is 0. The van der Waals surface area contributed by atoms with Crippen molar-refractivity contribution in [2.24, 2.45) is 0 Å². The molecule has 0 atom stereocenters. The molecule has 0 fully saturated rings. The summed E-state index contributed by atoms with van der Waals surface area (Å²) in [5.41, 5.74) is 13.3.